The van der Waals surface area contributed by atoms with Gasteiger partial charge in [0.05, 0.1) is 36.6 Å². The van der Waals surface area contributed by atoms with E-state index in [0.29, 0.717) is 13.1 Å². The fraction of sp³-hybridized carbons (Fsp3) is 0.471. The highest BCUT2D eigenvalue weighted by Crippen LogP contribution is 2.59. The van der Waals surface area contributed by atoms with Gasteiger partial charge in [-0.25, -0.2) is 17.7 Å². The van der Waals surface area contributed by atoms with Gasteiger partial charge >= 0.3 is 0 Å². The number of aromatic nitrogens is 2. The molecule has 1 aromatic heterocycles. The van der Waals surface area contributed by atoms with E-state index in [0.717, 1.165) is 12.1 Å². The van der Waals surface area contributed by atoms with Crippen LogP contribution in [0.5, 0.6) is 0 Å². The van der Waals surface area contributed by atoms with Crippen LogP contribution in [0, 0.1) is 11.3 Å². The van der Waals surface area contributed by atoms with Crippen molar-refractivity contribution in [1.29, 1.82) is 0 Å². The molecule has 6 nitrogen and oxygen atoms in total. The Morgan fingerprint density at radius 1 is 1.29 bits per heavy atom. The van der Waals surface area contributed by atoms with Crippen molar-refractivity contribution in [3.8, 4) is 11.3 Å². The summed E-state index contributed by atoms with van der Waals surface area (Å²) in [6.45, 7) is 0.878. The summed E-state index contributed by atoms with van der Waals surface area (Å²) in [5.74, 6) is 0.100. The predicted molar refractivity (Wildman–Crippen MR) is 88.8 cm³/mol. The molecule has 0 bridgehead atoms. The van der Waals surface area contributed by atoms with Gasteiger partial charge in [-0.15, -0.1) is 0 Å². The molecular weight excluding hydrogens is 326 g/mol. The van der Waals surface area contributed by atoms with Crippen LogP contribution >= 0.6 is 0 Å². The lowest BCUT2D eigenvalue weighted by Crippen LogP contribution is -2.71. The number of imidazole rings is 1. The summed E-state index contributed by atoms with van der Waals surface area (Å²) >= 11 is 0. The molecule has 3 unspecified atom stereocenters. The lowest BCUT2D eigenvalue weighted by Gasteiger charge is -2.62. The molecule has 5 rings (SSSR count). The van der Waals surface area contributed by atoms with Crippen molar-refractivity contribution in [3.05, 3.63) is 42.4 Å². The van der Waals surface area contributed by atoms with E-state index in [1.165, 1.54) is 21.7 Å². The molecule has 2 aromatic rings. The Bertz CT molecular complexity index is 930. The Balaban J connectivity index is 1.44. The maximum atomic E-state index is 11.6. The summed E-state index contributed by atoms with van der Waals surface area (Å²) in [5, 5.41) is 10.9. The number of fused-ring (bicyclic) bond motifs is 3. The molecule has 1 spiro atoms. The van der Waals surface area contributed by atoms with Crippen molar-refractivity contribution in [3.63, 3.8) is 0 Å². The van der Waals surface area contributed by atoms with Gasteiger partial charge in [-0.3, -0.25) is 0 Å². The predicted octanol–water partition coefficient (Wildman–Crippen LogP) is 1.10. The molecule has 24 heavy (non-hydrogen) atoms. The van der Waals surface area contributed by atoms with Crippen LogP contribution < -0.4 is 0 Å². The molecule has 126 valence electrons. The van der Waals surface area contributed by atoms with Crippen molar-refractivity contribution in [2.24, 2.45) is 11.3 Å². The van der Waals surface area contributed by atoms with E-state index in [1.54, 1.807) is 0 Å². The van der Waals surface area contributed by atoms with Crippen LogP contribution in [0.2, 0.25) is 0 Å². The second-order valence-corrected chi connectivity index (χ2v) is 9.41. The van der Waals surface area contributed by atoms with Crippen molar-refractivity contribution in [2.75, 3.05) is 19.3 Å². The first-order chi connectivity index (χ1) is 11.4. The third-order valence-corrected chi connectivity index (χ3v) is 7.25. The zero-order valence-corrected chi connectivity index (χ0v) is 14.1. The first kappa shape index (κ1) is 14.6. The average molecular weight is 345 g/mol. The Morgan fingerprint density at radius 3 is 2.75 bits per heavy atom. The van der Waals surface area contributed by atoms with E-state index in [9.17, 15) is 13.5 Å². The molecule has 3 aliphatic rings. The third kappa shape index (κ3) is 1.72. The monoisotopic (exact) mass is 345 g/mol. The molecule has 2 fully saturated rings. The Kier molecular flexibility index (Phi) is 2.73. The van der Waals surface area contributed by atoms with Crippen molar-refractivity contribution in [2.45, 2.75) is 18.6 Å². The highest BCUT2D eigenvalue weighted by Gasteiger charge is 2.63. The third-order valence-electron chi connectivity index (χ3n) is 6.05. The van der Waals surface area contributed by atoms with Gasteiger partial charge < -0.3 is 9.67 Å². The van der Waals surface area contributed by atoms with E-state index in [-0.39, 0.29) is 17.4 Å². The first-order valence-corrected chi connectivity index (χ1v) is 10.00. The summed E-state index contributed by atoms with van der Waals surface area (Å²) in [6.07, 6.45) is 5.29. The minimum Gasteiger partial charge on any atom is -0.392 e. The molecule has 1 saturated heterocycles. The molecule has 1 aliphatic carbocycles. The zero-order valence-electron chi connectivity index (χ0n) is 13.3. The fourth-order valence-electron chi connectivity index (χ4n) is 4.80. The molecule has 1 N–H and O–H groups in total. The quantitative estimate of drug-likeness (QED) is 0.884. The standard InChI is InChI=1S/C17H19N3O3S/c1-24(22,23)19-8-17(9-19)6-13(16(17)21)15-12-5-3-2-4-11(12)14-7-18-10-20(14)15/h2-5,7,10,13,15-16,21H,6,8-9H2,1H3. The van der Waals surface area contributed by atoms with Gasteiger partial charge in [0.15, 0.2) is 0 Å². The van der Waals surface area contributed by atoms with E-state index in [1.807, 2.05) is 24.7 Å². The molecular formula is C17H19N3O3S. The molecule has 3 atom stereocenters. The van der Waals surface area contributed by atoms with Crippen molar-refractivity contribution in [1.82, 2.24) is 13.9 Å². The molecule has 0 radical (unpaired) electrons. The van der Waals surface area contributed by atoms with Gasteiger partial charge in [0.25, 0.3) is 0 Å². The van der Waals surface area contributed by atoms with Crippen molar-refractivity contribution >= 4 is 10.0 Å². The van der Waals surface area contributed by atoms with Gasteiger partial charge in [0.1, 0.15) is 0 Å². The smallest absolute Gasteiger partial charge is 0.211 e. The van der Waals surface area contributed by atoms with Gasteiger partial charge in [-0.2, -0.15) is 0 Å². The molecule has 1 saturated carbocycles. The highest BCUT2D eigenvalue weighted by atomic mass is 32.2. The van der Waals surface area contributed by atoms with E-state index in [2.05, 4.69) is 21.7 Å². The Morgan fingerprint density at radius 2 is 2.04 bits per heavy atom. The summed E-state index contributed by atoms with van der Waals surface area (Å²) in [6, 6.07) is 8.35. The van der Waals surface area contributed by atoms with E-state index < -0.39 is 16.1 Å². The number of aliphatic hydroxyl groups excluding tert-OH is 1. The first-order valence-electron chi connectivity index (χ1n) is 8.15. The summed E-state index contributed by atoms with van der Waals surface area (Å²) in [7, 11) is -3.15. The topological polar surface area (TPSA) is 75.4 Å². The molecule has 2 aliphatic heterocycles. The fourth-order valence-corrected chi connectivity index (χ4v) is 5.78. The number of rotatable bonds is 2. The highest BCUT2D eigenvalue weighted by molar-refractivity contribution is 7.88. The van der Waals surface area contributed by atoms with Crippen LogP contribution in [-0.4, -0.2) is 52.8 Å². The van der Waals surface area contributed by atoms with Gasteiger partial charge in [-0.05, 0) is 12.0 Å². The lowest BCUT2D eigenvalue weighted by atomic mass is 9.53. The molecule has 7 heteroatoms. The van der Waals surface area contributed by atoms with Crippen LogP contribution in [0.1, 0.15) is 18.0 Å². The van der Waals surface area contributed by atoms with Crippen LogP contribution in [0.4, 0.5) is 0 Å². The van der Waals surface area contributed by atoms with Gasteiger partial charge in [-0.1, -0.05) is 24.3 Å². The molecule has 1 aromatic carbocycles. The Labute approximate surface area is 140 Å². The normalized spacial score (nSPS) is 30.5. The van der Waals surface area contributed by atoms with Gasteiger partial charge in [0.2, 0.25) is 10.0 Å². The van der Waals surface area contributed by atoms with Crippen molar-refractivity contribution < 1.29 is 13.5 Å². The van der Waals surface area contributed by atoms with Crippen LogP contribution in [-0.2, 0) is 10.0 Å². The maximum absolute atomic E-state index is 11.6. The summed E-state index contributed by atoms with van der Waals surface area (Å²) < 4.78 is 26.8. The zero-order chi connectivity index (χ0) is 16.7. The number of hydrogen-bond donors (Lipinski definition) is 1. The second-order valence-electron chi connectivity index (χ2n) is 7.42. The minimum atomic E-state index is -3.15. The summed E-state index contributed by atoms with van der Waals surface area (Å²) in [4.78, 5) is 4.27. The number of benzene rings is 1. The van der Waals surface area contributed by atoms with Crippen LogP contribution in [0.3, 0.4) is 0 Å². The number of aliphatic hydroxyl groups is 1. The average Bonchev–Trinajstić information content (AvgIpc) is 3.05. The lowest BCUT2D eigenvalue weighted by molar-refractivity contribution is -0.183. The maximum Gasteiger partial charge on any atom is 0.211 e. The van der Waals surface area contributed by atoms with Gasteiger partial charge in [0, 0.05) is 30.0 Å². The number of nitrogens with zero attached hydrogens (tertiary/aromatic N) is 3. The summed E-state index contributed by atoms with van der Waals surface area (Å²) in [5.41, 5.74) is 3.24. The minimum absolute atomic E-state index is 0.0895. The largest absolute Gasteiger partial charge is 0.392 e. The number of hydrogen-bond acceptors (Lipinski definition) is 4. The van der Waals surface area contributed by atoms with E-state index in [4.69, 9.17) is 0 Å². The van der Waals surface area contributed by atoms with Crippen LogP contribution in [0.25, 0.3) is 11.3 Å². The van der Waals surface area contributed by atoms with E-state index >= 15 is 0 Å². The Hall–Kier alpha value is -1.70. The SMILES string of the molecule is CS(=O)(=O)N1CC2(CC(C3c4ccccc4-c4cncn43)C2O)C1. The van der Waals surface area contributed by atoms with Crippen LogP contribution in [0.15, 0.2) is 36.8 Å². The number of sulfonamides is 1. The molecule has 0 amide bonds. The molecule has 3 heterocycles. The second kappa shape index (κ2) is 4.47.